The second kappa shape index (κ2) is 7.85. The van der Waals surface area contributed by atoms with Crippen LogP contribution in [0.25, 0.3) is 0 Å². The third-order valence-corrected chi connectivity index (χ3v) is 5.72. The van der Waals surface area contributed by atoms with Crippen LogP contribution in [0.4, 0.5) is 5.69 Å². The van der Waals surface area contributed by atoms with Gasteiger partial charge in [0.05, 0.1) is 18.4 Å². The van der Waals surface area contributed by atoms with E-state index in [4.69, 9.17) is 4.42 Å². The molecule has 0 saturated carbocycles. The molecule has 1 aromatic carbocycles. The number of furan rings is 1. The average Bonchev–Trinajstić information content (AvgIpc) is 3.31. The topological polar surface area (TPSA) is 70.8 Å². The van der Waals surface area contributed by atoms with E-state index < -0.39 is 11.6 Å². The standard InChI is InChI=1S/C23H28N2O4/c1-6-23(4,5)25(22(28)19-8-7-13-29-19)18-14-20(26)24(21(18)27)17-11-9-16(10-12-17)15(2)3/h7-13,15,18H,6,14H2,1-5H3. The minimum Gasteiger partial charge on any atom is -0.459 e. The van der Waals surface area contributed by atoms with Crippen LogP contribution in [0.1, 0.15) is 69.5 Å². The van der Waals surface area contributed by atoms with Gasteiger partial charge in [0.1, 0.15) is 6.04 Å². The lowest BCUT2D eigenvalue weighted by Crippen LogP contribution is -2.55. The minimum absolute atomic E-state index is 0.0410. The van der Waals surface area contributed by atoms with Crippen molar-refractivity contribution in [2.24, 2.45) is 0 Å². The maximum Gasteiger partial charge on any atom is 0.290 e. The molecule has 3 amide bonds. The smallest absolute Gasteiger partial charge is 0.290 e. The number of hydrogen-bond acceptors (Lipinski definition) is 4. The number of imide groups is 1. The van der Waals surface area contributed by atoms with Gasteiger partial charge in [-0.15, -0.1) is 0 Å². The second-order valence-corrected chi connectivity index (χ2v) is 8.35. The summed E-state index contributed by atoms with van der Waals surface area (Å²) >= 11 is 0. The molecule has 0 radical (unpaired) electrons. The fourth-order valence-corrected chi connectivity index (χ4v) is 3.62. The van der Waals surface area contributed by atoms with Gasteiger partial charge in [0.2, 0.25) is 5.91 Å². The number of carbonyl (C=O) groups is 3. The van der Waals surface area contributed by atoms with Crippen molar-refractivity contribution in [1.29, 1.82) is 0 Å². The summed E-state index contributed by atoms with van der Waals surface area (Å²) in [4.78, 5) is 42.0. The monoisotopic (exact) mass is 396 g/mol. The maximum atomic E-state index is 13.3. The van der Waals surface area contributed by atoms with Gasteiger partial charge in [-0.1, -0.05) is 32.9 Å². The van der Waals surface area contributed by atoms with E-state index in [0.29, 0.717) is 18.0 Å². The molecular weight excluding hydrogens is 368 g/mol. The normalized spacial score (nSPS) is 17.3. The highest BCUT2D eigenvalue weighted by atomic mass is 16.3. The highest BCUT2D eigenvalue weighted by Crippen LogP contribution is 2.33. The van der Waals surface area contributed by atoms with Crippen molar-refractivity contribution in [3.8, 4) is 0 Å². The van der Waals surface area contributed by atoms with Crippen LogP contribution >= 0.6 is 0 Å². The number of amides is 3. The summed E-state index contributed by atoms with van der Waals surface area (Å²) in [7, 11) is 0. The van der Waals surface area contributed by atoms with Gasteiger partial charge < -0.3 is 9.32 Å². The molecule has 1 unspecified atom stereocenters. The molecule has 3 rings (SSSR count). The van der Waals surface area contributed by atoms with Gasteiger partial charge in [-0.05, 0) is 56.0 Å². The molecule has 1 atom stereocenters. The Hall–Kier alpha value is -2.89. The Morgan fingerprint density at radius 2 is 1.86 bits per heavy atom. The van der Waals surface area contributed by atoms with E-state index in [-0.39, 0.29) is 29.9 Å². The van der Waals surface area contributed by atoms with E-state index >= 15 is 0 Å². The molecular formula is C23H28N2O4. The van der Waals surface area contributed by atoms with Crippen LogP contribution in [0.2, 0.25) is 0 Å². The number of benzene rings is 1. The SMILES string of the molecule is CCC(C)(C)N(C(=O)c1ccco1)C1CC(=O)N(c2ccc(C(C)C)cc2)C1=O. The van der Waals surface area contributed by atoms with Crippen LogP contribution in [-0.4, -0.2) is 34.2 Å². The Morgan fingerprint density at radius 1 is 1.21 bits per heavy atom. The molecule has 1 aromatic heterocycles. The molecule has 0 spiro atoms. The Morgan fingerprint density at radius 3 is 2.38 bits per heavy atom. The van der Waals surface area contributed by atoms with E-state index in [1.807, 2.05) is 32.9 Å². The summed E-state index contributed by atoms with van der Waals surface area (Å²) < 4.78 is 5.28. The van der Waals surface area contributed by atoms with Crippen LogP contribution in [0.5, 0.6) is 0 Å². The lowest BCUT2D eigenvalue weighted by molar-refractivity contribution is -0.123. The van der Waals surface area contributed by atoms with E-state index in [2.05, 4.69) is 13.8 Å². The second-order valence-electron chi connectivity index (χ2n) is 8.35. The number of hydrogen-bond donors (Lipinski definition) is 0. The third-order valence-electron chi connectivity index (χ3n) is 5.72. The van der Waals surface area contributed by atoms with Gasteiger partial charge >= 0.3 is 0 Å². The zero-order valence-electron chi connectivity index (χ0n) is 17.6. The van der Waals surface area contributed by atoms with Gasteiger partial charge in [-0.3, -0.25) is 14.4 Å². The molecule has 1 aliphatic heterocycles. The Kier molecular flexibility index (Phi) is 5.64. The molecule has 2 heterocycles. The maximum absolute atomic E-state index is 13.3. The van der Waals surface area contributed by atoms with Gasteiger partial charge in [0.15, 0.2) is 5.76 Å². The van der Waals surface area contributed by atoms with E-state index in [1.165, 1.54) is 16.1 Å². The number of carbonyl (C=O) groups excluding carboxylic acids is 3. The van der Waals surface area contributed by atoms with E-state index in [1.54, 1.807) is 24.3 Å². The molecule has 6 nitrogen and oxygen atoms in total. The fourth-order valence-electron chi connectivity index (χ4n) is 3.62. The van der Waals surface area contributed by atoms with Crippen molar-refractivity contribution in [1.82, 2.24) is 4.90 Å². The molecule has 1 aliphatic rings. The summed E-state index contributed by atoms with van der Waals surface area (Å²) in [6.07, 6.45) is 2.01. The largest absolute Gasteiger partial charge is 0.459 e. The van der Waals surface area contributed by atoms with Crippen molar-refractivity contribution in [2.45, 2.75) is 65.0 Å². The first kappa shape index (κ1) is 20.8. The van der Waals surface area contributed by atoms with Gasteiger partial charge in [-0.2, -0.15) is 0 Å². The molecule has 0 aliphatic carbocycles. The predicted octanol–water partition coefficient (Wildman–Crippen LogP) is 4.37. The van der Waals surface area contributed by atoms with Crippen molar-refractivity contribution < 1.29 is 18.8 Å². The highest BCUT2D eigenvalue weighted by Gasteiger charge is 2.48. The quantitative estimate of drug-likeness (QED) is 0.680. The van der Waals surface area contributed by atoms with Crippen molar-refractivity contribution in [3.05, 3.63) is 54.0 Å². The number of anilines is 1. The van der Waals surface area contributed by atoms with E-state index in [0.717, 1.165) is 5.56 Å². The Labute approximate surface area is 171 Å². The van der Waals surface area contributed by atoms with Crippen LogP contribution in [0.3, 0.4) is 0 Å². The lowest BCUT2D eigenvalue weighted by atomic mass is 9.95. The molecule has 154 valence electrons. The molecule has 0 N–H and O–H groups in total. The minimum atomic E-state index is -0.861. The summed E-state index contributed by atoms with van der Waals surface area (Å²) in [5, 5.41) is 0. The van der Waals surface area contributed by atoms with Crippen molar-refractivity contribution >= 4 is 23.4 Å². The molecule has 6 heteroatoms. The Balaban J connectivity index is 1.95. The predicted molar refractivity (Wildman–Crippen MR) is 111 cm³/mol. The Bertz CT molecular complexity index is 897. The molecule has 1 saturated heterocycles. The summed E-state index contributed by atoms with van der Waals surface area (Å²) in [5.74, 6) is -0.555. The van der Waals surface area contributed by atoms with Gasteiger partial charge in [0.25, 0.3) is 11.8 Å². The van der Waals surface area contributed by atoms with Crippen molar-refractivity contribution in [2.75, 3.05) is 4.90 Å². The summed E-state index contributed by atoms with van der Waals surface area (Å²) in [6, 6.07) is 9.78. The number of rotatable bonds is 6. The van der Waals surface area contributed by atoms with Gasteiger partial charge in [-0.25, -0.2) is 4.90 Å². The fraction of sp³-hybridized carbons (Fsp3) is 0.435. The molecule has 2 aromatic rings. The average molecular weight is 396 g/mol. The van der Waals surface area contributed by atoms with E-state index in [9.17, 15) is 14.4 Å². The van der Waals surface area contributed by atoms with Gasteiger partial charge in [0, 0.05) is 5.54 Å². The first-order chi connectivity index (χ1) is 13.7. The lowest BCUT2D eigenvalue weighted by Gasteiger charge is -2.40. The number of nitrogens with zero attached hydrogens (tertiary/aromatic N) is 2. The zero-order chi connectivity index (χ0) is 21.3. The highest BCUT2D eigenvalue weighted by molar-refractivity contribution is 6.23. The molecule has 0 bridgehead atoms. The van der Waals surface area contributed by atoms with Crippen molar-refractivity contribution in [3.63, 3.8) is 0 Å². The molecule has 29 heavy (non-hydrogen) atoms. The third kappa shape index (κ3) is 3.84. The molecule has 1 fully saturated rings. The zero-order valence-corrected chi connectivity index (χ0v) is 17.6. The van der Waals surface area contributed by atoms with Crippen LogP contribution in [0.15, 0.2) is 47.1 Å². The first-order valence-corrected chi connectivity index (χ1v) is 10.0. The summed E-state index contributed by atoms with van der Waals surface area (Å²) in [5.41, 5.74) is 1.04. The first-order valence-electron chi connectivity index (χ1n) is 10.0. The van der Waals surface area contributed by atoms with Crippen LogP contribution in [-0.2, 0) is 9.59 Å². The van der Waals surface area contributed by atoms with Crippen LogP contribution in [0, 0.1) is 0 Å². The summed E-state index contributed by atoms with van der Waals surface area (Å²) in [6.45, 7) is 9.91. The van der Waals surface area contributed by atoms with Crippen LogP contribution < -0.4 is 4.90 Å².